The Morgan fingerprint density at radius 2 is 2.05 bits per heavy atom. The van der Waals surface area contributed by atoms with Crippen molar-refractivity contribution in [2.75, 3.05) is 7.05 Å². The number of nitrogens with zero attached hydrogens (tertiary/aromatic N) is 3. The molecule has 3 rings (SSSR count). The zero-order valence-corrected chi connectivity index (χ0v) is 11.3. The lowest BCUT2D eigenvalue weighted by molar-refractivity contribution is 0.0953. The Labute approximate surface area is 119 Å². The molecule has 0 unspecified atom stereocenters. The number of benzene rings is 1. The van der Waals surface area contributed by atoms with E-state index in [1.165, 1.54) is 7.05 Å². The van der Waals surface area contributed by atoms with Gasteiger partial charge in [0.2, 0.25) is 5.82 Å². The van der Waals surface area contributed by atoms with Gasteiger partial charge in [0.25, 0.3) is 5.91 Å². The lowest BCUT2D eigenvalue weighted by Crippen LogP contribution is -2.20. The molecule has 0 fully saturated rings. The largest absolute Gasteiger partial charge is 0.352 e. The van der Waals surface area contributed by atoms with Crippen molar-refractivity contribution in [3.8, 4) is 11.3 Å². The van der Waals surface area contributed by atoms with E-state index in [0.29, 0.717) is 21.7 Å². The van der Waals surface area contributed by atoms with E-state index >= 15 is 0 Å². The summed E-state index contributed by atoms with van der Waals surface area (Å²) in [5, 5.41) is 10.2. The van der Waals surface area contributed by atoms with Crippen molar-refractivity contribution in [2.45, 2.75) is 0 Å². The highest BCUT2D eigenvalue weighted by Gasteiger charge is 2.14. The Morgan fingerprint density at radius 3 is 2.75 bits per heavy atom. The third kappa shape index (κ3) is 2.10. The predicted molar refractivity (Wildman–Crippen MR) is 75.5 cm³/mol. The topological polar surface area (TPSA) is 83.6 Å². The normalized spacial score (nSPS) is 10.7. The molecule has 0 aliphatic rings. The molecule has 2 heterocycles. The molecule has 0 spiro atoms. The molecular formula is C13H10ClN5O. The number of aromatic nitrogens is 4. The summed E-state index contributed by atoms with van der Waals surface area (Å²) in [6.45, 7) is 0. The fourth-order valence-electron chi connectivity index (χ4n) is 1.84. The molecule has 7 heteroatoms. The van der Waals surface area contributed by atoms with Crippen molar-refractivity contribution in [3.63, 3.8) is 0 Å². The average molecular weight is 288 g/mol. The second kappa shape index (κ2) is 4.90. The van der Waals surface area contributed by atoms with E-state index in [4.69, 9.17) is 11.6 Å². The van der Waals surface area contributed by atoms with Crippen LogP contribution in [0, 0.1) is 0 Å². The lowest BCUT2D eigenvalue weighted by Gasteiger charge is -2.00. The number of hydrogen-bond donors (Lipinski definition) is 2. The lowest BCUT2D eigenvalue weighted by atomic mass is 10.1. The van der Waals surface area contributed by atoms with Gasteiger partial charge in [-0.25, -0.2) is 9.97 Å². The molecule has 0 aliphatic carbocycles. The first kappa shape index (κ1) is 12.6. The summed E-state index contributed by atoms with van der Waals surface area (Å²) in [5.41, 5.74) is 2.79. The second-order valence-electron chi connectivity index (χ2n) is 4.11. The molecule has 0 atom stereocenters. The molecule has 2 aromatic heterocycles. The van der Waals surface area contributed by atoms with Crippen molar-refractivity contribution in [2.24, 2.45) is 0 Å². The molecule has 1 amide bonds. The first-order valence-electron chi connectivity index (χ1n) is 5.88. The number of amides is 1. The summed E-state index contributed by atoms with van der Waals surface area (Å²) in [5.74, 6) is -0.230. The molecule has 20 heavy (non-hydrogen) atoms. The van der Waals surface area contributed by atoms with Gasteiger partial charge in [0.15, 0.2) is 0 Å². The molecule has 3 aromatic rings. The van der Waals surface area contributed by atoms with Crippen molar-refractivity contribution in [3.05, 3.63) is 41.3 Å². The molecule has 1 aromatic carbocycles. The molecule has 0 saturated heterocycles. The minimum absolute atomic E-state index is 0.108. The number of rotatable bonds is 2. The predicted octanol–water partition coefficient (Wildman–Crippen LogP) is 2.03. The Balaban J connectivity index is 2.16. The van der Waals surface area contributed by atoms with Gasteiger partial charge in [-0.15, -0.1) is 0 Å². The van der Waals surface area contributed by atoms with Gasteiger partial charge >= 0.3 is 0 Å². The number of halogens is 1. The fraction of sp³-hybridized carbons (Fsp3) is 0.0769. The van der Waals surface area contributed by atoms with Crippen LogP contribution in [0.25, 0.3) is 22.3 Å². The number of fused-ring (bicyclic) bond motifs is 1. The van der Waals surface area contributed by atoms with E-state index in [-0.39, 0.29) is 11.7 Å². The fourth-order valence-corrected chi connectivity index (χ4v) is 1.97. The highest BCUT2D eigenvalue weighted by atomic mass is 35.5. The van der Waals surface area contributed by atoms with E-state index in [0.717, 1.165) is 5.56 Å². The van der Waals surface area contributed by atoms with Crippen LogP contribution in [0.15, 0.2) is 30.5 Å². The zero-order valence-electron chi connectivity index (χ0n) is 10.5. The van der Waals surface area contributed by atoms with Gasteiger partial charge in [0.05, 0.1) is 6.20 Å². The molecule has 0 bridgehead atoms. The number of H-pyrrole nitrogens is 1. The molecule has 2 N–H and O–H groups in total. The maximum Gasteiger partial charge on any atom is 0.288 e. The summed E-state index contributed by atoms with van der Waals surface area (Å²) in [6, 6.07) is 7.25. The molecule has 6 nitrogen and oxygen atoms in total. The van der Waals surface area contributed by atoms with Gasteiger partial charge in [0, 0.05) is 17.6 Å². The summed E-state index contributed by atoms with van der Waals surface area (Å²) in [7, 11) is 1.53. The molecule has 0 saturated carbocycles. The quantitative estimate of drug-likeness (QED) is 0.755. The van der Waals surface area contributed by atoms with Crippen molar-refractivity contribution < 1.29 is 4.79 Å². The Hall–Kier alpha value is -2.47. The number of hydrogen-bond acceptors (Lipinski definition) is 4. The van der Waals surface area contributed by atoms with Crippen LogP contribution in [0.3, 0.4) is 0 Å². The number of nitrogens with one attached hydrogen (secondary N) is 2. The zero-order chi connectivity index (χ0) is 14.1. The van der Waals surface area contributed by atoms with Crippen LogP contribution in [0.4, 0.5) is 0 Å². The summed E-state index contributed by atoms with van der Waals surface area (Å²) in [4.78, 5) is 19.8. The standard InChI is InChI=1S/C13H10ClN5O/c1-15-13(20)12-16-6-9-11(17-12)10(19-18-9)7-2-4-8(14)5-3-7/h2-6H,1H3,(H,15,20)(H,18,19). The first-order valence-corrected chi connectivity index (χ1v) is 6.26. The Kier molecular flexibility index (Phi) is 3.08. The molecule has 100 valence electrons. The van der Waals surface area contributed by atoms with Gasteiger partial charge in [-0.2, -0.15) is 5.10 Å². The number of carbonyl (C=O) groups is 1. The van der Waals surface area contributed by atoms with Crippen LogP contribution < -0.4 is 5.32 Å². The van der Waals surface area contributed by atoms with Crippen molar-refractivity contribution >= 4 is 28.5 Å². The van der Waals surface area contributed by atoms with Gasteiger partial charge in [-0.3, -0.25) is 9.89 Å². The monoisotopic (exact) mass is 287 g/mol. The maximum atomic E-state index is 11.6. The van der Waals surface area contributed by atoms with E-state index in [9.17, 15) is 4.79 Å². The molecule has 0 radical (unpaired) electrons. The van der Waals surface area contributed by atoms with Gasteiger partial charge in [-0.1, -0.05) is 23.7 Å². The Morgan fingerprint density at radius 1 is 1.30 bits per heavy atom. The van der Waals surface area contributed by atoms with Gasteiger partial charge < -0.3 is 5.32 Å². The average Bonchev–Trinajstić information content (AvgIpc) is 2.90. The Bertz CT molecular complexity index is 781. The second-order valence-corrected chi connectivity index (χ2v) is 4.55. The summed E-state index contributed by atoms with van der Waals surface area (Å²) in [6.07, 6.45) is 1.54. The molecule has 0 aliphatic heterocycles. The third-order valence-corrected chi connectivity index (χ3v) is 3.10. The van der Waals surface area contributed by atoms with E-state index < -0.39 is 0 Å². The van der Waals surface area contributed by atoms with Crippen LogP contribution in [-0.2, 0) is 0 Å². The minimum Gasteiger partial charge on any atom is -0.352 e. The summed E-state index contributed by atoms with van der Waals surface area (Å²) >= 11 is 5.87. The van der Waals surface area contributed by atoms with Crippen LogP contribution in [0.1, 0.15) is 10.6 Å². The van der Waals surface area contributed by atoms with Gasteiger partial charge in [0.1, 0.15) is 16.7 Å². The highest BCUT2D eigenvalue weighted by Crippen LogP contribution is 2.25. The van der Waals surface area contributed by atoms with Crippen molar-refractivity contribution in [1.82, 2.24) is 25.5 Å². The van der Waals surface area contributed by atoms with Crippen LogP contribution >= 0.6 is 11.6 Å². The summed E-state index contributed by atoms with van der Waals surface area (Å²) < 4.78 is 0. The van der Waals surface area contributed by atoms with E-state index in [2.05, 4.69) is 25.5 Å². The molecular weight excluding hydrogens is 278 g/mol. The van der Waals surface area contributed by atoms with E-state index in [1.807, 2.05) is 12.1 Å². The number of aromatic amines is 1. The first-order chi connectivity index (χ1) is 9.69. The maximum absolute atomic E-state index is 11.6. The van der Waals surface area contributed by atoms with Crippen LogP contribution in [0.5, 0.6) is 0 Å². The smallest absolute Gasteiger partial charge is 0.288 e. The van der Waals surface area contributed by atoms with Crippen molar-refractivity contribution in [1.29, 1.82) is 0 Å². The SMILES string of the molecule is CNC(=O)c1ncc2[nH]nc(-c3ccc(Cl)cc3)c2n1. The van der Waals surface area contributed by atoms with Crippen LogP contribution in [-0.4, -0.2) is 33.1 Å². The van der Waals surface area contributed by atoms with Crippen LogP contribution in [0.2, 0.25) is 5.02 Å². The number of carbonyl (C=O) groups excluding carboxylic acids is 1. The van der Waals surface area contributed by atoms with Gasteiger partial charge in [-0.05, 0) is 12.1 Å². The minimum atomic E-state index is -0.338. The highest BCUT2D eigenvalue weighted by molar-refractivity contribution is 6.30. The van der Waals surface area contributed by atoms with E-state index in [1.54, 1.807) is 18.3 Å². The third-order valence-electron chi connectivity index (χ3n) is 2.85.